The van der Waals surface area contributed by atoms with Crippen molar-refractivity contribution in [2.24, 2.45) is 0 Å². The van der Waals surface area contributed by atoms with E-state index in [2.05, 4.69) is 27.8 Å². The number of hydrogen-bond acceptors (Lipinski definition) is 3. The first-order valence-electron chi connectivity index (χ1n) is 7.70. The maximum atomic E-state index is 13.2. The molecule has 0 bridgehead atoms. The molecule has 0 atom stereocenters. The molecule has 0 amide bonds. The van der Waals surface area contributed by atoms with Crippen LogP contribution in [-0.2, 0) is 10.0 Å². The normalized spacial score (nSPS) is 11.1. The summed E-state index contributed by atoms with van der Waals surface area (Å²) in [5.74, 6) is 5.79. The zero-order chi connectivity index (χ0) is 17.9. The lowest BCUT2D eigenvalue weighted by atomic mass is 10.3. The van der Waals surface area contributed by atoms with E-state index in [0.29, 0.717) is 18.0 Å². The topological polar surface area (TPSA) is 37.4 Å². The Balaban J connectivity index is 2.14. The number of benzene rings is 2. The van der Waals surface area contributed by atoms with Gasteiger partial charge in [0.2, 0.25) is 0 Å². The predicted molar refractivity (Wildman–Crippen MR) is 109 cm³/mol. The van der Waals surface area contributed by atoms with Gasteiger partial charge in [0.1, 0.15) is 5.00 Å². The fourth-order valence-corrected chi connectivity index (χ4v) is 6.38. The van der Waals surface area contributed by atoms with Crippen LogP contribution >= 0.6 is 27.3 Å². The lowest BCUT2D eigenvalue weighted by Crippen LogP contribution is -2.31. The Labute approximate surface area is 160 Å². The number of rotatable bonds is 5. The average Bonchev–Trinajstić information content (AvgIpc) is 2.96. The monoisotopic (exact) mass is 433 g/mol. The average molecular weight is 434 g/mol. The van der Waals surface area contributed by atoms with E-state index in [1.54, 1.807) is 37.3 Å². The van der Waals surface area contributed by atoms with E-state index in [1.807, 2.05) is 24.3 Å². The molecule has 0 N–H and O–H groups in total. The van der Waals surface area contributed by atoms with Crippen LogP contribution in [0.4, 0.5) is 5.00 Å². The van der Waals surface area contributed by atoms with Crippen LogP contribution in [0.3, 0.4) is 0 Å². The summed E-state index contributed by atoms with van der Waals surface area (Å²) in [6, 6.07) is 16.4. The summed E-state index contributed by atoms with van der Waals surface area (Å²) in [6.45, 7) is 2.06. The lowest BCUT2D eigenvalue weighted by Gasteiger charge is -2.22. The third-order valence-electron chi connectivity index (χ3n) is 3.69. The molecule has 25 heavy (non-hydrogen) atoms. The predicted octanol–water partition coefficient (Wildman–Crippen LogP) is 5.27. The van der Waals surface area contributed by atoms with E-state index >= 15 is 0 Å². The third kappa shape index (κ3) is 3.59. The highest BCUT2D eigenvalue weighted by Crippen LogP contribution is 2.43. The van der Waals surface area contributed by atoms with E-state index in [1.165, 1.54) is 15.6 Å². The van der Waals surface area contributed by atoms with Crippen LogP contribution in [0.5, 0.6) is 0 Å². The van der Waals surface area contributed by atoms with Crippen LogP contribution < -0.4 is 4.31 Å². The van der Waals surface area contributed by atoms with Crippen molar-refractivity contribution in [3.63, 3.8) is 0 Å². The second-order valence-electron chi connectivity index (χ2n) is 5.28. The van der Waals surface area contributed by atoms with Crippen LogP contribution in [0.1, 0.15) is 13.3 Å². The molecule has 0 saturated carbocycles. The zero-order valence-electron chi connectivity index (χ0n) is 13.6. The number of thiophene rings is 1. The maximum Gasteiger partial charge on any atom is 0.265 e. The summed E-state index contributed by atoms with van der Waals surface area (Å²) in [5, 5.41) is 1.69. The van der Waals surface area contributed by atoms with Crippen molar-refractivity contribution in [2.75, 3.05) is 10.8 Å². The van der Waals surface area contributed by atoms with Gasteiger partial charge in [-0.2, -0.15) is 0 Å². The van der Waals surface area contributed by atoms with Gasteiger partial charge in [0, 0.05) is 23.1 Å². The molecule has 0 spiro atoms. The van der Waals surface area contributed by atoms with Crippen molar-refractivity contribution in [3.8, 4) is 11.8 Å². The van der Waals surface area contributed by atoms with Gasteiger partial charge in [0.05, 0.1) is 9.37 Å². The standard InChI is InChI=1S/C19H16BrNO2S2/c1-2-3-9-14-21(25(22,23)15-10-5-4-6-11-15)19-18(20)16-12-7-8-13-17(16)24-19/h4-8,10-13H,9,14H2,1H3. The molecule has 3 rings (SSSR count). The van der Waals surface area contributed by atoms with Crippen molar-refractivity contribution in [3.05, 3.63) is 59.1 Å². The fraction of sp³-hybridized carbons (Fsp3) is 0.158. The molecule has 3 aromatic rings. The Kier molecular flexibility index (Phi) is 5.48. The molecule has 0 fully saturated rings. The smallest absolute Gasteiger partial charge is 0.255 e. The van der Waals surface area contributed by atoms with Gasteiger partial charge in [0.15, 0.2) is 0 Å². The molecule has 2 aromatic carbocycles. The van der Waals surface area contributed by atoms with Crippen molar-refractivity contribution in [2.45, 2.75) is 18.2 Å². The number of hydrogen-bond donors (Lipinski definition) is 0. The summed E-state index contributed by atoms with van der Waals surface area (Å²) < 4.78 is 29.7. The summed E-state index contributed by atoms with van der Waals surface area (Å²) >= 11 is 5.06. The Morgan fingerprint density at radius 1 is 1.08 bits per heavy atom. The first-order chi connectivity index (χ1) is 12.1. The fourth-order valence-electron chi connectivity index (χ4n) is 2.49. The Morgan fingerprint density at radius 3 is 2.44 bits per heavy atom. The Hall–Kier alpha value is -1.81. The molecule has 0 saturated heterocycles. The highest BCUT2D eigenvalue weighted by molar-refractivity contribution is 9.10. The van der Waals surface area contributed by atoms with Gasteiger partial charge < -0.3 is 0 Å². The van der Waals surface area contributed by atoms with Crippen LogP contribution in [-0.4, -0.2) is 15.0 Å². The van der Waals surface area contributed by atoms with Gasteiger partial charge in [0.25, 0.3) is 10.0 Å². The number of nitrogens with zero attached hydrogens (tertiary/aromatic N) is 1. The second-order valence-corrected chi connectivity index (χ2v) is 8.97. The van der Waals surface area contributed by atoms with E-state index in [-0.39, 0.29) is 4.90 Å². The van der Waals surface area contributed by atoms with E-state index in [9.17, 15) is 8.42 Å². The SMILES string of the molecule is CC#CCCN(c1sc2ccccc2c1Br)S(=O)(=O)c1ccccc1. The van der Waals surface area contributed by atoms with Gasteiger partial charge in [-0.1, -0.05) is 36.4 Å². The minimum absolute atomic E-state index is 0.281. The zero-order valence-corrected chi connectivity index (χ0v) is 16.8. The molecule has 1 heterocycles. The quantitative estimate of drug-likeness (QED) is 0.513. The van der Waals surface area contributed by atoms with Crippen molar-refractivity contribution >= 4 is 52.4 Å². The first-order valence-corrected chi connectivity index (χ1v) is 10.7. The molecule has 0 radical (unpaired) electrons. The van der Waals surface area contributed by atoms with Gasteiger partial charge >= 0.3 is 0 Å². The molecular formula is C19H16BrNO2S2. The molecule has 3 nitrogen and oxygen atoms in total. The van der Waals surface area contributed by atoms with E-state index < -0.39 is 10.0 Å². The maximum absolute atomic E-state index is 13.2. The number of anilines is 1. The molecule has 0 unspecified atom stereocenters. The summed E-state index contributed by atoms with van der Waals surface area (Å²) in [6.07, 6.45) is 0.475. The molecule has 1 aromatic heterocycles. The molecular weight excluding hydrogens is 418 g/mol. The highest BCUT2D eigenvalue weighted by Gasteiger charge is 2.28. The van der Waals surface area contributed by atoms with Crippen molar-refractivity contribution in [1.29, 1.82) is 0 Å². The van der Waals surface area contributed by atoms with E-state index in [0.717, 1.165) is 14.6 Å². The number of halogens is 1. The summed E-state index contributed by atoms with van der Waals surface area (Å²) in [5.41, 5.74) is 0. The summed E-state index contributed by atoms with van der Waals surface area (Å²) in [7, 11) is -3.66. The van der Waals surface area contributed by atoms with Crippen LogP contribution in [0.2, 0.25) is 0 Å². The number of fused-ring (bicyclic) bond motifs is 1. The van der Waals surface area contributed by atoms with Gasteiger partial charge in [-0.05, 0) is 41.1 Å². The van der Waals surface area contributed by atoms with Crippen molar-refractivity contribution < 1.29 is 8.42 Å². The first kappa shape index (κ1) is 18.0. The third-order valence-corrected chi connectivity index (χ3v) is 7.88. The highest BCUT2D eigenvalue weighted by atomic mass is 79.9. The minimum atomic E-state index is -3.66. The van der Waals surface area contributed by atoms with Gasteiger partial charge in [-0.15, -0.1) is 23.2 Å². The molecule has 0 aliphatic carbocycles. The van der Waals surface area contributed by atoms with Crippen LogP contribution in [0, 0.1) is 11.8 Å². The van der Waals surface area contributed by atoms with Gasteiger partial charge in [-0.25, -0.2) is 8.42 Å². The molecule has 128 valence electrons. The number of sulfonamides is 1. The molecule has 6 heteroatoms. The van der Waals surface area contributed by atoms with Crippen LogP contribution in [0.25, 0.3) is 10.1 Å². The lowest BCUT2D eigenvalue weighted by molar-refractivity contribution is 0.591. The summed E-state index contributed by atoms with van der Waals surface area (Å²) in [4.78, 5) is 0.281. The molecule has 0 aliphatic rings. The minimum Gasteiger partial charge on any atom is -0.255 e. The van der Waals surface area contributed by atoms with E-state index in [4.69, 9.17) is 0 Å². The Morgan fingerprint density at radius 2 is 1.76 bits per heavy atom. The second kappa shape index (κ2) is 7.61. The van der Waals surface area contributed by atoms with Crippen LogP contribution in [0.15, 0.2) is 64.0 Å². The van der Waals surface area contributed by atoms with Gasteiger partial charge in [-0.3, -0.25) is 4.31 Å². The Bertz CT molecular complexity index is 1050. The molecule has 0 aliphatic heterocycles. The van der Waals surface area contributed by atoms with Crippen molar-refractivity contribution in [1.82, 2.24) is 0 Å². The largest absolute Gasteiger partial charge is 0.265 e.